The summed E-state index contributed by atoms with van der Waals surface area (Å²) in [6, 6.07) is 9.03. The van der Waals surface area contributed by atoms with Gasteiger partial charge in [-0.15, -0.1) is 0 Å². The molecule has 0 radical (unpaired) electrons. The fourth-order valence-electron chi connectivity index (χ4n) is 0.638. The van der Waals surface area contributed by atoms with Crippen LogP contribution < -0.4 is 0 Å². The van der Waals surface area contributed by atoms with E-state index in [0.717, 1.165) is 0 Å². The smallest absolute Gasteiger partial charge is 0.358 e. The average molecular weight is 257 g/mol. The van der Waals surface area contributed by atoms with Crippen LogP contribution in [-0.2, 0) is 20.9 Å². The number of benzene rings is 1. The first kappa shape index (κ1) is 18.3. The Morgan fingerprint density at radius 2 is 1.54 bits per heavy atom. The van der Waals surface area contributed by atoms with Gasteiger partial charge in [-0.2, -0.15) is 0 Å². The molecule has 0 saturated heterocycles. The Morgan fingerprint density at radius 1 is 1.08 bits per heavy atom. The van der Waals surface area contributed by atoms with Gasteiger partial charge in [-0.05, 0) is 0 Å². The summed E-state index contributed by atoms with van der Waals surface area (Å²) in [7, 11) is 0. The zero-order chi connectivity index (χ0) is 7.40. The minimum Gasteiger partial charge on any atom is -0.358 e. The van der Waals surface area contributed by atoms with Gasteiger partial charge in [0.1, 0.15) is 0 Å². The molecule has 73 valence electrons. The van der Waals surface area contributed by atoms with E-state index in [4.69, 9.17) is 0 Å². The second-order valence-electron chi connectivity index (χ2n) is 1.77. The molecule has 0 N–H and O–H groups in total. The Balaban J connectivity index is -0.000000333. The summed E-state index contributed by atoms with van der Waals surface area (Å²) in [5.74, 6) is -0.144. The van der Waals surface area contributed by atoms with E-state index in [2.05, 4.69) is 3.34 Å². The van der Waals surface area contributed by atoms with Gasteiger partial charge in [0, 0.05) is 0 Å². The summed E-state index contributed by atoms with van der Waals surface area (Å²) < 4.78 is 3.57. The summed E-state index contributed by atoms with van der Waals surface area (Å²) in [6.07, 6.45) is 0. The zero-order valence-corrected chi connectivity index (χ0v) is 10.4. The van der Waals surface area contributed by atoms with Gasteiger partial charge in [-0.1, -0.05) is 0 Å². The van der Waals surface area contributed by atoms with Gasteiger partial charge in [0.2, 0.25) is 0 Å². The van der Waals surface area contributed by atoms with Gasteiger partial charge >= 0.3 is 70.8 Å². The molecule has 0 aliphatic carbocycles. The Kier molecular flexibility index (Phi) is 13.4. The van der Waals surface area contributed by atoms with Gasteiger partial charge in [-0.3, -0.25) is 0 Å². The molecule has 2 nitrogen and oxygen atoms in total. The van der Waals surface area contributed by atoms with Crippen molar-refractivity contribution in [3.8, 4) is 0 Å². The molecule has 1 aromatic rings. The van der Waals surface area contributed by atoms with E-state index in [1.807, 2.05) is 18.2 Å². The predicted molar refractivity (Wildman–Crippen MR) is 52.4 cm³/mol. The fourth-order valence-corrected chi connectivity index (χ4v) is 0.922. The van der Waals surface area contributed by atoms with Crippen LogP contribution in [0.2, 0.25) is 0 Å². The van der Waals surface area contributed by atoms with Crippen molar-refractivity contribution in [2.45, 2.75) is 0 Å². The van der Waals surface area contributed by atoms with Gasteiger partial charge in [-0.25, -0.2) is 0 Å². The number of amides is 1. The number of rotatable bonds is 1. The predicted octanol–water partition coefficient (Wildman–Crippen LogP) is 2.91. The Bertz CT molecular complexity index is 246. The molecule has 1 rings (SSSR count). The Morgan fingerprint density at radius 3 is 1.92 bits per heavy atom. The minimum absolute atomic E-state index is 0. The van der Waals surface area contributed by atoms with Crippen molar-refractivity contribution in [1.82, 2.24) is 0 Å². The largest absolute Gasteiger partial charge is 0.358 e. The Labute approximate surface area is 93.2 Å². The zero-order valence-electron chi connectivity index (χ0n) is 8.19. The first-order valence-corrected chi connectivity index (χ1v) is 3.77. The molecule has 0 aromatic heterocycles. The van der Waals surface area contributed by atoms with Crippen LogP contribution in [-0.4, -0.2) is 5.91 Å². The molecule has 13 heavy (non-hydrogen) atoms. The standard InChI is InChI=1S/C7H5NO.3CH3.Nb/c8-7(9)6-4-2-1-3-5-6;;;;/h1-5H;3*1H3;/q;3*-1;. The van der Waals surface area contributed by atoms with Crippen molar-refractivity contribution in [2.24, 2.45) is 3.34 Å². The molecule has 0 fully saturated rings. The van der Waals surface area contributed by atoms with Crippen molar-refractivity contribution >= 4 is 5.91 Å². The SMILES string of the molecule is O=C([N]=[Nb])c1ccccc1.[CH3-].[CH3-].[CH3-]. The Hall–Kier alpha value is -0.570. The summed E-state index contributed by atoms with van der Waals surface area (Å²) in [5.41, 5.74) is 0.656. The molecule has 0 bridgehead atoms. The molecular weight excluding hydrogens is 243 g/mol. The van der Waals surface area contributed by atoms with Crippen molar-refractivity contribution in [3.63, 3.8) is 0 Å². The quantitative estimate of drug-likeness (QED) is 0.561. The third-order valence-corrected chi connectivity index (χ3v) is 1.56. The van der Waals surface area contributed by atoms with E-state index in [-0.39, 0.29) is 28.2 Å². The molecule has 0 heterocycles. The molecule has 0 atom stereocenters. The molecule has 0 aliphatic rings. The van der Waals surface area contributed by atoms with Crippen LogP contribution in [0.25, 0.3) is 0 Å². The van der Waals surface area contributed by atoms with Crippen molar-refractivity contribution in [3.05, 3.63) is 58.2 Å². The molecule has 3 heteroatoms. The summed E-state index contributed by atoms with van der Waals surface area (Å²) in [4.78, 5) is 10.9. The monoisotopic (exact) mass is 257 g/mol. The maximum absolute atomic E-state index is 10.9. The second kappa shape index (κ2) is 9.52. The number of hydrogen-bond donors (Lipinski definition) is 0. The van der Waals surface area contributed by atoms with Crippen LogP contribution in [0.5, 0.6) is 0 Å². The van der Waals surface area contributed by atoms with E-state index in [1.165, 1.54) is 20.9 Å². The maximum Gasteiger partial charge on any atom is -0.358 e. The number of carbonyl (C=O) groups is 1. The van der Waals surface area contributed by atoms with Gasteiger partial charge in [0.05, 0.1) is 0 Å². The molecule has 0 aliphatic heterocycles. The maximum atomic E-state index is 10.9. The topological polar surface area (TPSA) is 29.4 Å². The van der Waals surface area contributed by atoms with Crippen LogP contribution >= 0.6 is 0 Å². The van der Waals surface area contributed by atoms with Crippen LogP contribution in [0.4, 0.5) is 0 Å². The second-order valence-corrected chi connectivity index (χ2v) is 2.26. The third kappa shape index (κ3) is 5.64. The van der Waals surface area contributed by atoms with Gasteiger partial charge in [0.15, 0.2) is 0 Å². The van der Waals surface area contributed by atoms with Crippen molar-refractivity contribution in [1.29, 1.82) is 0 Å². The molecule has 1 aromatic carbocycles. The van der Waals surface area contributed by atoms with Gasteiger partial charge < -0.3 is 22.3 Å². The average Bonchev–Trinajstić information content (AvgIpc) is 2.05. The third-order valence-electron chi connectivity index (χ3n) is 1.11. The van der Waals surface area contributed by atoms with E-state index in [1.54, 1.807) is 12.1 Å². The molecular formula is C10H14NNbO-3. The summed E-state index contributed by atoms with van der Waals surface area (Å²) in [6.45, 7) is 0. The normalized spacial score (nSPS) is 6.69. The molecule has 0 saturated carbocycles. The first-order chi connectivity index (χ1) is 4.84. The van der Waals surface area contributed by atoms with Crippen LogP contribution in [0.15, 0.2) is 33.7 Å². The molecule has 0 spiro atoms. The van der Waals surface area contributed by atoms with Crippen LogP contribution in [0, 0.1) is 22.3 Å². The van der Waals surface area contributed by atoms with Gasteiger partial charge in [0.25, 0.3) is 0 Å². The van der Waals surface area contributed by atoms with E-state index < -0.39 is 0 Å². The fraction of sp³-hybridized carbons (Fsp3) is 0. The summed E-state index contributed by atoms with van der Waals surface area (Å²) >= 11 is 1.17. The van der Waals surface area contributed by atoms with Crippen LogP contribution in [0.3, 0.4) is 0 Å². The summed E-state index contributed by atoms with van der Waals surface area (Å²) in [5, 5.41) is 0. The number of nitrogens with zero attached hydrogens (tertiary/aromatic N) is 1. The van der Waals surface area contributed by atoms with Crippen molar-refractivity contribution in [2.75, 3.05) is 0 Å². The van der Waals surface area contributed by atoms with E-state index in [0.29, 0.717) is 5.56 Å². The van der Waals surface area contributed by atoms with Crippen molar-refractivity contribution < 1.29 is 25.7 Å². The molecule has 1 amide bonds. The number of hydrogen-bond acceptors (Lipinski definition) is 1. The first-order valence-electron chi connectivity index (χ1n) is 2.79. The number of carbonyl (C=O) groups excluding carboxylic acids is 1. The molecule has 0 unspecified atom stereocenters. The van der Waals surface area contributed by atoms with E-state index >= 15 is 0 Å². The minimum atomic E-state index is -0.144. The van der Waals surface area contributed by atoms with E-state index in [9.17, 15) is 4.79 Å². The van der Waals surface area contributed by atoms with Crippen LogP contribution in [0.1, 0.15) is 10.4 Å².